The molecule has 49 heavy (non-hydrogen) atoms. The van der Waals surface area contributed by atoms with E-state index < -0.39 is 35.6 Å². The van der Waals surface area contributed by atoms with Crippen LogP contribution in [0.1, 0.15) is 199 Å². The van der Waals surface area contributed by atoms with Gasteiger partial charge in [0.1, 0.15) is 0 Å². The zero-order valence-corrected chi connectivity index (χ0v) is 31.1. The second-order valence-corrected chi connectivity index (χ2v) is 14.4. The Bertz CT molecular complexity index is 798. The molecule has 2 amide bonds. The number of hydrogen-bond acceptors (Lipinski definition) is 4. The predicted octanol–water partition coefficient (Wildman–Crippen LogP) is 10.8. The molecule has 0 aromatic rings. The standard InChI is InChI=1S/C41H74F2N2O4/c42-36(30-25-21-17-13-9-5-1-3-7-11-15-19-23-27-34-46)40(48)44-38-32-29-33-39(38)45-41(49)37(43)31-26-22-18-14-10-6-2-4-8-12-16-20-24-28-35-47/h30-31,38-39,46-47H,1-29,32-35H2,(H,44,48)(H,45,49)/t38-,39+. The van der Waals surface area contributed by atoms with Gasteiger partial charge in [-0.25, -0.2) is 8.78 Å². The third-order valence-electron chi connectivity index (χ3n) is 9.95. The Hall–Kier alpha value is -1.80. The van der Waals surface area contributed by atoms with Crippen LogP contribution in [-0.2, 0) is 9.59 Å². The zero-order chi connectivity index (χ0) is 35.6. The maximum Gasteiger partial charge on any atom is 0.279 e. The molecule has 0 aliphatic heterocycles. The molecular formula is C41H74F2N2O4. The van der Waals surface area contributed by atoms with Gasteiger partial charge in [-0.3, -0.25) is 9.59 Å². The van der Waals surface area contributed by atoms with Crippen molar-refractivity contribution in [3.05, 3.63) is 23.8 Å². The first-order chi connectivity index (χ1) is 24.0. The summed E-state index contributed by atoms with van der Waals surface area (Å²) in [6.07, 6.45) is 36.2. The molecule has 286 valence electrons. The number of allylic oxidation sites excluding steroid dienone is 2. The molecular weight excluding hydrogens is 622 g/mol. The van der Waals surface area contributed by atoms with Gasteiger partial charge in [0.15, 0.2) is 11.7 Å². The monoisotopic (exact) mass is 697 g/mol. The van der Waals surface area contributed by atoms with Gasteiger partial charge < -0.3 is 20.8 Å². The summed E-state index contributed by atoms with van der Waals surface area (Å²) in [5.41, 5.74) is 0. The fourth-order valence-corrected chi connectivity index (χ4v) is 6.82. The van der Waals surface area contributed by atoms with E-state index in [2.05, 4.69) is 10.6 Å². The number of carbonyl (C=O) groups is 2. The molecule has 1 aliphatic carbocycles. The van der Waals surface area contributed by atoms with Gasteiger partial charge in [0.05, 0.1) is 0 Å². The van der Waals surface area contributed by atoms with E-state index >= 15 is 0 Å². The highest BCUT2D eigenvalue weighted by atomic mass is 19.1. The molecule has 4 N–H and O–H groups in total. The molecule has 1 saturated carbocycles. The Morgan fingerprint density at radius 3 is 0.959 bits per heavy atom. The number of amides is 2. The van der Waals surface area contributed by atoms with Gasteiger partial charge in [-0.2, -0.15) is 0 Å². The van der Waals surface area contributed by atoms with Crippen molar-refractivity contribution in [2.24, 2.45) is 0 Å². The zero-order valence-electron chi connectivity index (χ0n) is 31.1. The van der Waals surface area contributed by atoms with Gasteiger partial charge in [-0.05, 0) is 69.9 Å². The number of halogens is 2. The molecule has 0 bridgehead atoms. The number of aliphatic hydroxyl groups excluding tert-OH is 2. The highest BCUT2D eigenvalue weighted by Crippen LogP contribution is 2.21. The third-order valence-corrected chi connectivity index (χ3v) is 9.95. The second-order valence-electron chi connectivity index (χ2n) is 14.4. The first kappa shape index (κ1) is 45.2. The topological polar surface area (TPSA) is 98.7 Å². The van der Waals surface area contributed by atoms with Crippen LogP contribution in [0, 0.1) is 0 Å². The fraction of sp³-hybridized carbons (Fsp3) is 0.854. The number of unbranched alkanes of at least 4 members (excludes halogenated alkanes) is 26. The average Bonchev–Trinajstić information content (AvgIpc) is 3.53. The summed E-state index contributed by atoms with van der Waals surface area (Å²) >= 11 is 0. The summed E-state index contributed by atoms with van der Waals surface area (Å²) in [5.74, 6) is -3.05. The number of rotatable bonds is 34. The summed E-state index contributed by atoms with van der Waals surface area (Å²) in [7, 11) is 0. The molecule has 0 radical (unpaired) electrons. The number of aliphatic hydroxyl groups is 2. The van der Waals surface area contributed by atoms with Crippen LogP contribution in [-0.4, -0.2) is 47.3 Å². The predicted molar refractivity (Wildman–Crippen MR) is 200 cm³/mol. The Kier molecular flexibility index (Phi) is 30.8. The fourth-order valence-electron chi connectivity index (χ4n) is 6.82. The number of nitrogens with one attached hydrogen (secondary N) is 2. The normalized spacial score (nSPS) is 16.7. The minimum Gasteiger partial charge on any atom is -0.396 e. The Morgan fingerprint density at radius 1 is 0.449 bits per heavy atom. The maximum atomic E-state index is 14.5. The minimum atomic E-state index is -0.777. The lowest BCUT2D eigenvalue weighted by molar-refractivity contribution is -0.122. The lowest BCUT2D eigenvalue weighted by atomic mass is 10.0. The Balaban J connectivity index is 2.09. The van der Waals surface area contributed by atoms with Crippen molar-refractivity contribution in [2.45, 2.75) is 211 Å². The summed E-state index contributed by atoms with van der Waals surface area (Å²) < 4.78 is 29.0. The van der Waals surface area contributed by atoms with Crippen molar-refractivity contribution in [3.63, 3.8) is 0 Å². The van der Waals surface area contributed by atoms with Crippen LogP contribution in [0.4, 0.5) is 8.78 Å². The smallest absolute Gasteiger partial charge is 0.279 e. The quantitative estimate of drug-likeness (QED) is 0.0397. The van der Waals surface area contributed by atoms with Gasteiger partial charge in [0.2, 0.25) is 0 Å². The largest absolute Gasteiger partial charge is 0.396 e. The number of carbonyl (C=O) groups excluding carboxylic acids is 2. The second kappa shape index (κ2) is 33.3. The van der Waals surface area contributed by atoms with Crippen LogP contribution in [0.25, 0.3) is 0 Å². The lowest BCUT2D eigenvalue weighted by Crippen LogP contribution is -2.48. The van der Waals surface area contributed by atoms with Crippen molar-refractivity contribution in [1.29, 1.82) is 0 Å². The Labute approximate surface area is 298 Å². The highest BCUT2D eigenvalue weighted by molar-refractivity contribution is 5.92. The maximum absolute atomic E-state index is 14.5. The number of hydrogen-bond donors (Lipinski definition) is 4. The molecule has 6 nitrogen and oxygen atoms in total. The van der Waals surface area contributed by atoms with Gasteiger partial charge in [-0.15, -0.1) is 0 Å². The molecule has 2 atom stereocenters. The van der Waals surface area contributed by atoms with E-state index in [0.717, 1.165) is 70.6 Å². The van der Waals surface area contributed by atoms with Crippen molar-refractivity contribution >= 4 is 11.8 Å². The molecule has 0 spiro atoms. The first-order valence-electron chi connectivity index (χ1n) is 20.5. The van der Waals surface area contributed by atoms with Gasteiger partial charge >= 0.3 is 0 Å². The molecule has 0 unspecified atom stereocenters. The van der Waals surface area contributed by atoms with Gasteiger partial charge in [0, 0.05) is 25.3 Å². The molecule has 0 aromatic carbocycles. The minimum absolute atomic E-state index is 0.309. The summed E-state index contributed by atoms with van der Waals surface area (Å²) in [6.45, 7) is 0.617. The van der Waals surface area contributed by atoms with Gasteiger partial charge in [-0.1, -0.05) is 141 Å². The Morgan fingerprint density at radius 2 is 0.694 bits per heavy atom. The third kappa shape index (κ3) is 26.6. The van der Waals surface area contributed by atoms with E-state index in [-0.39, 0.29) is 0 Å². The highest BCUT2D eigenvalue weighted by Gasteiger charge is 2.31. The van der Waals surface area contributed by atoms with Crippen LogP contribution in [0.2, 0.25) is 0 Å². The molecule has 8 heteroatoms. The lowest BCUT2D eigenvalue weighted by Gasteiger charge is -2.21. The summed E-state index contributed by atoms with van der Waals surface area (Å²) in [4.78, 5) is 24.9. The molecule has 0 aromatic heterocycles. The summed E-state index contributed by atoms with van der Waals surface area (Å²) in [5, 5.41) is 23.0. The summed E-state index contributed by atoms with van der Waals surface area (Å²) in [6, 6.07) is -0.793. The van der Waals surface area contributed by atoms with Crippen LogP contribution >= 0.6 is 0 Å². The van der Waals surface area contributed by atoms with Crippen molar-refractivity contribution < 1.29 is 28.6 Å². The van der Waals surface area contributed by atoms with E-state index in [1.54, 1.807) is 0 Å². The van der Waals surface area contributed by atoms with E-state index in [1.807, 2.05) is 0 Å². The molecule has 1 fully saturated rings. The van der Waals surface area contributed by atoms with Crippen LogP contribution in [0.3, 0.4) is 0 Å². The van der Waals surface area contributed by atoms with Crippen molar-refractivity contribution in [3.8, 4) is 0 Å². The van der Waals surface area contributed by atoms with E-state index in [4.69, 9.17) is 10.2 Å². The first-order valence-corrected chi connectivity index (χ1v) is 20.5. The molecule has 1 aliphatic rings. The van der Waals surface area contributed by atoms with Crippen molar-refractivity contribution in [2.75, 3.05) is 13.2 Å². The van der Waals surface area contributed by atoms with E-state index in [1.165, 1.54) is 115 Å². The average molecular weight is 697 g/mol. The SMILES string of the molecule is O=C(N[C@H]1CCC[C@H]1NC(=O)C(F)=CCCCCCCCCCCCCCCCO)C(F)=CCCCCCCCCCCCCCCCO. The van der Waals surface area contributed by atoms with Crippen LogP contribution in [0.15, 0.2) is 23.8 Å². The van der Waals surface area contributed by atoms with Gasteiger partial charge in [0.25, 0.3) is 11.8 Å². The van der Waals surface area contributed by atoms with E-state index in [0.29, 0.717) is 38.9 Å². The molecule has 0 heterocycles. The molecule has 1 rings (SSSR count). The van der Waals surface area contributed by atoms with Crippen LogP contribution < -0.4 is 10.6 Å². The molecule has 0 saturated heterocycles. The van der Waals surface area contributed by atoms with Crippen molar-refractivity contribution in [1.82, 2.24) is 10.6 Å². The van der Waals surface area contributed by atoms with E-state index in [9.17, 15) is 18.4 Å². The van der Waals surface area contributed by atoms with Crippen LogP contribution in [0.5, 0.6) is 0 Å².